The third-order valence-corrected chi connectivity index (χ3v) is 2.23. The monoisotopic (exact) mass is 234 g/mol. The average molecular weight is 234 g/mol. The van der Waals surface area contributed by atoms with Crippen LogP contribution in [0.5, 0.6) is 0 Å². The number of carbonyl (C=O) groups excluding carboxylic acids is 2. The normalized spacial score (nSPS) is 16.3. The zero-order chi connectivity index (χ0) is 12.2. The molecule has 0 radical (unpaired) electrons. The van der Waals surface area contributed by atoms with Gasteiger partial charge in [0.15, 0.2) is 5.78 Å². The highest BCUT2D eigenvalue weighted by molar-refractivity contribution is 7.82. The fourth-order valence-corrected chi connectivity index (χ4v) is 1.37. The number of carboxylic acids is 1. The van der Waals surface area contributed by atoms with Crippen LogP contribution in [-0.4, -0.2) is 40.1 Å². The van der Waals surface area contributed by atoms with E-state index in [1.165, 1.54) is 6.92 Å². The number of carboxylic acid groups (broad SMARTS) is 1. The van der Waals surface area contributed by atoms with Crippen molar-refractivity contribution in [2.45, 2.75) is 31.2 Å². The van der Waals surface area contributed by atoms with E-state index in [9.17, 15) is 14.4 Å². The van der Waals surface area contributed by atoms with Crippen LogP contribution in [0.25, 0.3) is 0 Å². The van der Waals surface area contributed by atoms with E-state index in [-0.39, 0.29) is 0 Å². The zero-order valence-electron chi connectivity index (χ0n) is 8.43. The summed E-state index contributed by atoms with van der Waals surface area (Å²) < 4.78 is 0. The molecule has 0 saturated heterocycles. The molecular formula is C8H14N2O4S. The van der Waals surface area contributed by atoms with Crippen molar-refractivity contribution < 1.29 is 19.5 Å². The number of thiol groups is 1. The molecule has 0 aliphatic carbocycles. The number of Topliss-reactive ketones (excluding diaryl/α,β-unsaturated/α-hetero) is 1. The summed E-state index contributed by atoms with van der Waals surface area (Å²) in [5.74, 6) is -2.39. The van der Waals surface area contributed by atoms with Gasteiger partial charge in [0.05, 0.1) is 11.3 Å². The lowest BCUT2D eigenvalue weighted by Gasteiger charge is -2.20. The van der Waals surface area contributed by atoms with E-state index in [2.05, 4.69) is 17.9 Å². The number of aliphatic carboxylic acids is 1. The van der Waals surface area contributed by atoms with Crippen LogP contribution >= 0.6 is 12.6 Å². The molecule has 0 bridgehead atoms. The van der Waals surface area contributed by atoms with Crippen LogP contribution in [-0.2, 0) is 14.4 Å². The number of ketones is 1. The Hall–Kier alpha value is -1.08. The first-order valence-electron chi connectivity index (χ1n) is 4.24. The topological polar surface area (TPSA) is 109 Å². The van der Waals surface area contributed by atoms with Gasteiger partial charge in [-0.2, -0.15) is 12.6 Å². The van der Waals surface area contributed by atoms with Crippen molar-refractivity contribution in [2.24, 2.45) is 5.73 Å². The maximum atomic E-state index is 11.4. The molecular weight excluding hydrogens is 220 g/mol. The molecule has 4 N–H and O–H groups in total. The first kappa shape index (κ1) is 13.9. The first-order chi connectivity index (χ1) is 6.77. The molecule has 0 aliphatic rings. The molecule has 1 amide bonds. The molecule has 0 fully saturated rings. The van der Waals surface area contributed by atoms with Gasteiger partial charge in [-0.25, -0.2) is 4.79 Å². The van der Waals surface area contributed by atoms with E-state index in [4.69, 9.17) is 10.8 Å². The quantitative estimate of drug-likeness (QED) is 0.446. The van der Waals surface area contributed by atoms with Crippen LogP contribution < -0.4 is 11.1 Å². The predicted molar refractivity (Wildman–Crippen MR) is 56.7 cm³/mol. The van der Waals surface area contributed by atoms with Crippen LogP contribution in [0.15, 0.2) is 0 Å². The molecule has 3 atom stereocenters. The second-order valence-corrected chi connectivity index (χ2v) is 3.71. The fourth-order valence-electron chi connectivity index (χ4n) is 0.928. The Kier molecular flexibility index (Phi) is 5.31. The van der Waals surface area contributed by atoms with Crippen molar-refractivity contribution >= 4 is 30.3 Å². The molecule has 0 unspecified atom stereocenters. The third kappa shape index (κ3) is 4.30. The summed E-state index contributed by atoms with van der Waals surface area (Å²) in [5.41, 5.74) is 5.30. The van der Waals surface area contributed by atoms with Gasteiger partial charge >= 0.3 is 5.97 Å². The van der Waals surface area contributed by atoms with Crippen molar-refractivity contribution in [3.05, 3.63) is 0 Å². The molecule has 6 nitrogen and oxygen atoms in total. The molecule has 0 aromatic heterocycles. The van der Waals surface area contributed by atoms with Crippen LogP contribution in [0.4, 0.5) is 0 Å². The highest BCUT2D eigenvalue weighted by Gasteiger charge is 2.32. The average Bonchev–Trinajstić information content (AvgIpc) is 2.10. The summed E-state index contributed by atoms with van der Waals surface area (Å²) in [6.45, 7) is 2.59. The summed E-state index contributed by atoms with van der Waals surface area (Å²) in [6, 6.07) is -2.17. The summed E-state index contributed by atoms with van der Waals surface area (Å²) >= 11 is 3.85. The standard InChI is InChI=1S/C8H14N2O4S/c1-3(9)6(12)7(15)5(8(13)14)10-4(2)11/h3,5,7,15H,9H2,1-2H3,(H,10,11)(H,13,14)/t3-,5-,7-/m0/s1. The Morgan fingerprint density at radius 2 is 1.87 bits per heavy atom. The van der Waals surface area contributed by atoms with Crippen molar-refractivity contribution in [1.82, 2.24) is 5.32 Å². The van der Waals surface area contributed by atoms with E-state index in [0.29, 0.717) is 0 Å². The first-order valence-corrected chi connectivity index (χ1v) is 4.76. The highest BCUT2D eigenvalue weighted by atomic mass is 32.1. The number of rotatable bonds is 5. The van der Waals surface area contributed by atoms with Gasteiger partial charge in [-0.3, -0.25) is 9.59 Å². The van der Waals surface area contributed by atoms with E-state index in [0.717, 1.165) is 6.92 Å². The van der Waals surface area contributed by atoms with Crippen LogP contribution in [0.1, 0.15) is 13.8 Å². The Morgan fingerprint density at radius 1 is 1.40 bits per heavy atom. The minimum absolute atomic E-state index is 0.528. The summed E-state index contributed by atoms with van der Waals surface area (Å²) in [4.78, 5) is 32.8. The minimum atomic E-state index is -1.36. The van der Waals surface area contributed by atoms with Crippen molar-refractivity contribution in [2.75, 3.05) is 0 Å². The summed E-state index contributed by atoms with van der Waals surface area (Å²) in [6.07, 6.45) is 0. The Labute approximate surface area is 92.6 Å². The van der Waals surface area contributed by atoms with Crippen LogP contribution in [0.3, 0.4) is 0 Å². The maximum absolute atomic E-state index is 11.4. The van der Waals surface area contributed by atoms with Gasteiger partial charge in [-0.1, -0.05) is 0 Å². The maximum Gasteiger partial charge on any atom is 0.327 e. The number of carbonyl (C=O) groups is 3. The SMILES string of the molecule is CC(=O)N[C@H](C(=O)O)[C@H](S)C(=O)[C@H](C)N. The number of nitrogens with one attached hydrogen (secondary N) is 1. The largest absolute Gasteiger partial charge is 0.480 e. The van der Waals surface area contributed by atoms with E-state index in [1.54, 1.807) is 0 Å². The molecule has 0 aromatic rings. The Bertz CT molecular complexity index is 280. The van der Waals surface area contributed by atoms with Gasteiger partial charge in [0.1, 0.15) is 6.04 Å². The second-order valence-electron chi connectivity index (χ2n) is 3.15. The number of hydrogen-bond donors (Lipinski definition) is 4. The minimum Gasteiger partial charge on any atom is -0.480 e. The van der Waals surface area contributed by atoms with Crippen molar-refractivity contribution in [3.63, 3.8) is 0 Å². The second kappa shape index (κ2) is 5.72. The van der Waals surface area contributed by atoms with Gasteiger partial charge in [0.2, 0.25) is 5.91 Å². The Balaban J connectivity index is 4.70. The van der Waals surface area contributed by atoms with Gasteiger partial charge in [-0.05, 0) is 6.92 Å². The molecule has 0 aliphatic heterocycles. The molecule has 0 rings (SSSR count). The molecule has 0 heterocycles. The van der Waals surface area contributed by atoms with Gasteiger partial charge in [0.25, 0.3) is 0 Å². The molecule has 0 aromatic carbocycles. The number of hydrogen-bond acceptors (Lipinski definition) is 5. The smallest absolute Gasteiger partial charge is 0.327 e. The third-order valence-electron chi connectivity index (χ3n) is 1.68. The van der Waals surface area contributed by atoms with E-state index in [1.807, 2.05) is 0 Å². The molecule has 86 valence electrons. The molecule has 0 spiro atoms. The Morgan fingerprint density at radius 3 is 2.13 bits per heavy atom. The molecule has 0 saturated carbocycles. The molecule has 15 heavy (non-hydrogen) atoms. The summed E-state index contributed by atoms with van der Waals surface area (Å²) in [5, 5.41) is 9.74. The lowest BCUT2D eigenvalue weighted by Crippen LogP contribution is -2.51. The van der Waals surface area contributed by atoms with Crippen molar-refractivity contribution in [3.8, 4) is 0 Å². The van der Waals surface area contributed by atoms with Crippen molar-refractivity contribution in [1.29, 1.82) is 0 Å². The molecule has 7 heteroatoms. The van der Waals surface area contributed by atoms with Gasteiger partial charge in [-0.15, -0.1) is 0 Å². The lowest BCUT2D eigenvalue weighted by atomic mass is 10.1. The van der Waals surface area contributed by atoms with Crippen LogP contribution in [0, 0.1) is 0 Å². The van der Waals surface area contributed by atoms with Gasteiger partial charge in [0, 0.05) is 6.92 Å². The van der Waals surface area contributed by atoms with Crippen LogP contribution in [0.2, 0.25) is 0 Å². The van der Waals surface area contributed by atoms with E-state index < -0.39 is 35.0 Å². The zero-order valence-corrected chi connectivity index (χ0v) is 9.32. The number of nitrogens with two attached hydrogens (primary N) is 1. The number of amides is 1. The lowest BCUT2D eigenvalue weighted by molar-refractivity contribution is -0.142. The highest BCUT2D eigenvalue weighted by Crippen LogP contribution is 2.06. The summed E-state index contributed by atoms with van der Waals surface area (Å²) in [7, 11) is 0. The fraction of sp³-hybridized carbons (Fsp3) is 0.625. The van der Waals surface area contributed by atoms with E-state index >= 15 is 0 Å². The predicted octanol–water partition coefficient (Wildman–Crippen LogP) is -1.21. The van der Waals surface area contributed by atoms with Gasteiger partial charge < -0.3 is 16.2 Å².